The van der Waals surface area contributed by atoms with Gasteiger partial charge in [-0.15, -0.1) is 0 Å². The van der Waals surface area contributed by atoms with Gasteiger partial charge in [-0.2, -0.15) is 5.10 Å². The van der Waals surface area contributed by atoms with Crippen molar-refractivity contribution in [2.24, 2.45) is 5.14 Å². The van der Waals surface area contributed by atoms with Crippen molar-refractivity contribution in [3.8, 4) is 0 Å². The third-order valence-corrected chi connectivity index (χ3v) is 6.25. The zero-order valence-electron chi connectivity index (χ0n) is 16.0. The molecule has 7 nitrogen and oxygen atoms in total. The molecule has 2 aromatic carbocycles. The number of aromatic nitrogens is 3. The van der Waals surface area contributed by atoms with Crippen LogP contribution in [-0.4, -0.2) is 26.5 Å². The second kappa shape index (κ2) is 8.66. The van der Waals surface area contributed by atoms with Gasteiger partial charge in [-0.3, -0.25) is 15.0 Å². The second-order valence-electron chi connectivity index (χ2n) is 6.40. The number of nitrogens with zero attached hydrogens (tertiary/aromatic N) is 2. The van der Waals surface area contributed by atoms with E-state index >= 15 is 0 Å². The van der Waals surface area contributed by atoms with E-state index in [-0.39, 0.29) is 5.91 Å². The SMILES string of the molecule is C/C=S(/N)c1cc(NC(=O)c2cccnc2Nc2ccc3cn[nH]c3c2)ccc1Cl. The summed E-state index contributed by atoms with van der Waals surface area (Å²) in [5.41, 5.74) is 2.70. The van der Waals surface area contributed by atoms with Gasteiger partial charge in [0.25, 0.3) is 5.91 Å². The number of carbonyl (C=O) groups excluding carboxylic acids is 1. The normalized spacial score (nSPS) is 12.1. The van der Waals surface area contributed by atoms with E-state index in [1.165, 1.54) is 0 Å². The average molecular weight is 439 g/mol. The summed E-state index contributed by atoms with van der Waals surface area (Å²) in [6.45, 7) is 1.87. The van der Waals surface area contributed by atoms with Crippen molar-refractivity contribution < 1.29 is 4.79 Å². The number of aromatic amines is 1. The maximum absolute atomic E-state index is 13.0. The predicted octanol–water partition coefficient (Wildman–Crippen LogP) is 4.93. The van der Waals surface area contributed by atoms with Crippen LogP contribution in [0.1, 0.15) is 17.3 Å². The molecule has 9 heteroatoms. The average Bonchev–Trinajstić information content (AvgIpc) is 3.23. The highest BCUT2D eigenvalue weighted by Crippen LogP contribution is 2.31. The minimum atomic E-state index is -0.602. The summed E-state index contributed by atoms with van der Waals surface area (Å²) in [7, 11) is -0.602. The number of rotatable bonds is 5. The Labute approximate surface area is 180 Å². The molecule has 5 N–H and O–H groups in total. The van der Waals surface area contributed by atoms with E-state index in [9.17, 15) is 4.79 Å². The summed E-state index contributed by atoms with van der Waals surface area (Å²) in [5.74, 6) is 0.155. The Morgan fingerprint density at radius 2 is 2.03 bits per heavy atom. The minimum Gasteiger partial charge on any atom is -0.340 e. The molecule has 1 unspecified atom stereocenters. The summed E-state index contributed by atoms with van der Waals surface area (Å²) in [5, 5.41) is 22.6. The molecule has 30 heavy (non-hydrogen) atoms. The fourth-order valence-corrected chi connectivity index (χ4v) is 4.12. The van der Waals surface area contributed by atoms with E-state index in [1.807, 2.05) is 30.5 Å². The van der Waals surface area contributed by atoms with E-state index in [0.29, 0.717) is 22.1 Å². The molecule has 0 aliphatic heterocycles. The first kappa shape index (κ1) is 20.1. The number of hydrogen-bond acceptors (Lipinski definition) is 5. The number of carbonyl (C=O) groups is 1. The first-order valence-corrected chi connectivity index (χ1v) is 10.8. The van der Waals surface area contributed by atoms with Gasteiger partial charge in [0.1, 0.15) is 5.82 Å². The highest BCUT2D eigenvalue weighted by Gasteiger charge is 2.14. The number of pyridine rings is 1. The van der Waals surface area contributed by atoms with E-state index in [2.05, 4.69) is 25.8 Å². The molecular weight excluding hydrogens is 420 g/mol. The Balaban J connectivity index is 1.59. The van der Waals surface area contributed by atoms with Crippen molar-refractivity contribution in [1.29, 1.82) is 0 Å². The highest BCUT2D eigenvalue weighted by molar-refractivity contribution is 8.13. The van der Waals surface area contributed by atoms with E-state index in [4.69, 9.17) is 16.7 Å². The summed E-state index contributed by atoms with van der Waals surface area (Å²) in [4.78, 5) is 18.1. The molecule has 0 saturated heterocycles. The molecule has 2 heterocycles. The van der Waals surface area contributed by atoms with Crippen LogP contribution in [0.5, 0.6) is 0 Å². The van der Waals surface area contributed by atoms with Crippen molar-refractivity contribution in [2.75, 3.05) is 10.6 Å². The minimum absolute atomic E-state index is 0.293. The van der Waals surface area contributed by atoms with Crippen LogP contribution in [0.4, 0.5) is 17.2 Å². The van der Waals surface area contributed by atoms with Gasteiger partial charge in [-0.1, -0.05) is 22.3 Å². The number of anilines is 3. The monoisotopic (exact) mass is 438 g/mol. The maximum Gasteiger partial charge on any atom is 0.259 e. The van der Waals surface area contributed by atoms with E-state index in [1.54, 1.807) is 42.7 Å². The van der Waals surface area contributed by atoms with Crippen molar-refractivity contribution in [3.05, 3.63) is 71.5 Å². The maximum atomic E-state index is 13.0. The lowest BCUT2D eigenvalue weighted by Crippen LogP contribution is -2.14. The number of amides is 1. The molecule has 0 aliphatic rings. The second-order valence-corrected chi connectivity index (χ2v) is 8.47. The zero-order chi connectivity index (χ0) is 21.1. The first-order chi connectivity index (χ1) is 14.5. The van der Waals surface area contributed by atoms with Crippen molar-refractivity contribution in [3.63, 3.8) is 0 Å². The van der Waals surface area contributed by atoms with Gasteiger partial charge in [0, 0.05) is 27.9 Å². The number of H-pyrrole nitrogens is 1. The molecule has 1 amide bonds. The lowest BCUT2D eigenvalue weighted by atomic mass is 10.2. The zero-order valence-corrected chi connectivity index (χ0v) is 17.6. The van der Waals surface area contributed by atoms with Crippen LogP contribution in [0, 0.1) is 0 Å². The van der Waals surface area contributed by atoms with Crippen molar-refractivity contribution in [1.82, 2.24) is 15.2 Å². The summed E-state index contributed by atoms with van der Waals surface area (Å²) in [6, 6.07) is 14.4. The van der Waals surface area contributed by atoms with Gasteiger partial charge in [-0.05, 0) is 60.8 Å². The standard InChI is InChI=1S/C21H19ClN6OS/c1-2-30(23)19-11-15(7-8-17(19)22)27-21(29)16-4-3-9-24-20(16)26-14-6-5-13-12-25-28-18(13)10-14/h2-12H,23H2,1H3,(H,24,26)(H,25,28)(H,27,29). The molecule has 2 aromatic heterocycles. The number of benzene rings is 2. The molecule has 0 fully saturated rings. The fraction of sp³-hybridized carbons (Fsp3) is 0.0476. The number of hydrogen-bond donors (Lipinski definition) is 4. The van der Waals surface area contributed by atoms with Crippen LogP contribution in [-0.2, 0) is 0 Å². The number of nitrogens with one attached hydrogen (secondary N) is 3. The Morgan fingerprint density at radius 3 is 2.87 bits per heavy atom. The molecule has 0 bridgehead atoms. The van der Waals surface area contributed by atoms with Gasteiger partial charge >= 0.3 is 0 Å². The van der Waals surface area contributed by atoms with Gasteiger partial charge in [0.15, 0.2) is 0 Å². The van der Waals surface area contributed by atoms with E-state index < -0.39 is 10.7 Å². The van der Waals surface area contributed by atoms with Gasteiger partial charge in [0.2, 0.25) is 0 Å². The number of halogens is 1. The predicted molar refractivity (Wildman–Crippen MR) is 125 cm³/mol. The van der Waals surface area contributed by atoms with Crippen LogP contribution < -0.4 is 15.8 Å². The topological polar surface area (TPSA) is 109 Å². The molecule has 4 rings (SSSR count). The van der Waals surface area contributed by atoms with Gasteiger partial charge in [0.05, 0.1) is 22.3 Å². The van der Waals surface area contributed by atoms with Crippen molar-refractivity contribution in [2.45, 2.75) is 11.8 Å². The molecular formula is C21H19ClN6OS. The Hall–Kier alpha value is -3.20. The molecule has 0 saturated carbocycles. The van der Waals surface area contributed by atoms with Crippen LogP contribution in [0.2, 0.25) is 5.02 Å². The van der Waals surface area contributed by atoms with Crippen molar-refractivity contribution >= 4 is 61.6 Å². The number of nitrogens with two attached hydrogens (primary N) is 1. The van der Waals surface area contributed by atoms with Crippen LogP contribution >= 0.6 is 22.3 Å². The van der Waals surface area contributed by atoms with Crippen LogP contribution in [0.15, 0.2) is 65.8 Å². The van der Waals surface area contributed by atoms with Crippen LogP contribution in [0.3, 0.4) is 0 Å². The summed E-state index contributed by atoms with van der Waals surface area (Å²) < 4.78 is 0. The Kier molecular flexibility index (Phi) is 5.80. The lowest BCUT2D eigenvalue weighted by molar-refractivity contribution is 0.102. The highest BCUT2D eigenvalue weighted by atomic mass is 35.5. The molecule has 0 radical (unpaired) electrons. The molecule has 0 spiro atoms. The Bertz CT molecular complexity index is 1270. The molecule has 0 aliphatic carbocycles. The number of fused-ring (bicyclic) bond motifs is 1. The summed E-state index contributed by atoms with van der Waals surface area (Å²) >= 11 is 6.24. The smallest absolute Gasteiger partial charge is 0.259 e. The third-order valence-electron chi connectivity index (χ3n) is 4.45. The van der Waals surface area contributed by atoms with Gasteiger partial charge < -0.3 is 10.6 Å². The first-order valence-electron chi connectivity index (χ1n) is 9.08. The third kappa shape index (κ3) is 4.20. The summed E-state index contributed by atoms with van der Waals surface area (Å²) in [6.07, 6.45) is 3.38. The van der Waals surface area contributed by atoms with E-state index in [0.717, 1.165) is 21.5 Å². The Morgan fingerprint density at radius 1 is 1.20 bits per heavy atom. The van der Waals surface area contributed by atoms with Gasteiger partial charge in [-0.25, -0.2) is 4.98 Å². The van der Waals surface area contributed by atoms with Crippen LogP contribution in [0.25, 0.3) is 10.9 Å². The lowest BCUT2D eigenvalue weighted by Gasteiger charge is -2.13. The molecule has 1 atom stereocenters. The largest absolute Gasteiger partial charge is 0.340 e. The quantitative estimate of drug-likeness (QED) is 0.330. The fourth-order valence-electron chi connectivity index (χ4n) is 2.93. The molecule has 152 valence electrons. The molecule has 4 aromatic rings.